The van der Waals surface area contributed by atoms with E-state index in [1.165, 1.54) is 0 Å². The Bertz CT molecular complexity index is 344. The van der Waals surface area contributed by atoms with Crippen molar-refractivity contribution in [3.8, 4) is 0 Å². The van der Waals surface area contributed by atoms with Gasteiger partial charge in [-0.05, 0) is 12.0 Å². The summed E-state index contributed by atoms with van der Waals surface area (Å²) in [5, 5.41) is 0. The van der Waals surface area contributed by atoms with E-state index in [-0.39, 0.29) is 6.61 Å². The largest absolute Gasteiger partial charge is 0.514 e. The van der Waals surface area contributed by atoms with Gasteiger partial charge in [0.2, 0.25) is 0 Å². The molecule has 1 aromatic carbocycles. The first kappa shape index (κ1) is 14.9. The highest BCUT2D eigenvalue weighted by Crippen LogP contribution is 2.33. The maximum Gasteiger partial charge on any atom is 0.514 e. The highest BCUT2D eigenvalue weighted by molar-refractivity contribution is 7.41. The van der Waals surface area contributed by atoms with Crippen molar-refractivity contribution in [1.29, 1.82) is 0 Å². The molecule has 0 bridgehead atoms. The van der Waals surface area contributed by atoms with Crippen molar-refractivity contribution in [2.45, 2.75) is 26.4 Å². The van der Waals surface area contributed by atoms with Crippen LogP contribution in [0.2, 0.25) is 0 Å². The number of carbonyl (C=O) groups excluding carboxylic acids is 1. The van der Waals surface area contributed by atoms with E-state index in [1.807, 2.05) is 37.3 Å². The minimum atomic E-state index is -2.19. The van der Waals surface area contributed by atoms with Crippen molar-refractivity contribution in [2.24, 2.45) is 0 Å². The fourth-order valence-corrected chi connectivity index (χ4v) is 1.64. The lowest BCUT2D eigenvalue weighted by molar-refractivity contribution is 0.0837. The number of ether oxygens (including phenoxy) is 1. The number of hydrogen-bond donors (Lipinski definition) is 1. The molecule has 0 fully saturated rings. The summed E-state index contributed by atoms with van der Waals surface area (Å²) in [4.78, 5) is 20.5. The van der Waals surface area contributed by atoms with E-state index < -0.39 is 14.8 Å². The Balaban J connectivity index is 2.17. The van der Waals surface area contributed by atoms with Gasteiger partial charge in [-0.1, -0.05) is 43.7 Å². The van der Waals surface area contributed by atoms with Crippen molar-refractivity contribution in [1.82, 2.24) is 0 Å². The summed E-state index contributed by atoms with van der Waals surface area (Å²) in [6.07, 6.45) is 0.827. The van der Waals surface area contributed by atoms with Gasteiger partial charge in [0.25, 0.3) is 0 Å². The van der Waals surface area contributed by atoms with Crippen LogP contribution >= 0.6 is 8.60 Å². The van der Waals surface area contributed by atoms with Crippen molar-refractivity contribution < 1.29 is 23.5 Å². The van der Waals surface area contributed by atoms with Crippen LogP contribution in [-0.2, 0) is 20.4 Å². The van der Waals surface area contributed by atoms with E-state index in [1.54, 1.807) is 0 Å². The van der Waals surface area contributed by atoms with Gasteiger partial charge in [0, 0.05) is 0 Å². The van der Waals surface area contributed by atoms with Gasteiger partial charge >= 0.3 is 14.8 Å². The lowest BCUT2D eigenvalue weighted by atomic mass is 10.2. The van der Waals surface area contributed by atoms with Gasteiger partial charge in [0.05, 0.1) is 6.61 Å². The zero-order valence-corrected chi connectivity index (χ0v) is 11.1. The molecule has 0 aliphatic heterocycles. The molecule has 0 saturated heterocycles. The molecule has 0 aliphatic rings. The molecule has 0 spiro atoms. The molecule has 0 aliphatic carbocycles. The van der Waals surface area contributed by atoms with Gasteiger partial charge in [-0.3, -0.25) is 0 Å². The Morgan fingerprint density at radius 3 is 2.72 bits per heavy atom. The number of rotatable bonds is 7. The Labute approximate surface area is 108 Å². The average molecular weight is 272 g/mol. The smallest absolute Gasteiger partial charge is 0.429 e. The van der Waals surface area contributed by atoms with Crippen LogP contribution in [0.4, 0.5) is 4.79 Å². The lowest BCUT2D eigenvalue weighted by Crippen LogP contribution is -2.05. The first-order chi connectivity index (χ1) is 8.72. The van der Waals surface area contributed by atoms with Crippen molar-refractivity contribution >= 4 is 14.8 Å². The normalized spacial score (nSPS) is 11.9. The second kappa shape index (κ2) is 8.86. The van der Waals surface area contributed by atoms with E-state index in [9.17, 15) is 9.69 Å². The van der Waals surface area contributed by atoms with Gasteiger partial charge in [-0.15, -0.1) is 0 Å². The molecule has 1 atom stereocenters. The summed E-state index contributed by atoms with van der Waals surface area (Å²) in [5.74, 6) is 0. The third-order valence-corrected chi connectivity index (χ3v) is 2.76. The van der Waals surface area contributed by atoms with Crippen LogP contribution in [0.25, 0.3) is 0 Å². The summed E-state index contributed by atoms with van der Waals surface area (Å²) in [6, 6.07) is 9.21. The molecular weight excluding hydrogens is 255 g/mol. The highest BCUT2D eigenvalue weighted by Gasteiger charge is 2.14. The average Bonchev–Trinajstić information content (AvgIpc) is 2.38. The zero-order chi connectivity index (χ0) is 13.2. The molecule has 0 aromatic heterocycles. The molecule has 18 heavy (non-hydrogen) atoms. The number of benzene rings is 1. The zero-order valence-electron chi connectivity index (χ0n) is 10.2. The molecule has 0 amide bonds. The second-order valence-corrected chi connectivity index (χ2v) is 4.46. The van der Waals surface area contributed by atoms with Crippen LogP contribution in [-0.4, -0.2) is 17.7 Å². The topological polar surface area (TPSA) is 65.0 Å². The van der Waals surface area contributed by atoms with Gasteiger partial charge in [-0.25, -0.2) is 4.79 Å². The van der Waals surface area contributed by atoms with Crippen LogP contribution in [0.1, 0.15) is 25.3 Å². The van der Waals surface area contributed by atoms with E-state index in [0.29, 0.717) is 6.61 Å². The minimum Gasteiger partial charge on any atom is -0.429 e. The summed E-state index contributed by atoms with van der Waals surface area (Å²) < 4.78 is 14.3. The molecular formula is C12H17O5P. The Hall–Kier alpha value is -1.16. The second-order valence-electron chi connectivity index (χ2n) is 3.54. The first-order valence-corrected chi connectivity index (χ1v) is 6.86. The van der Waals surface area contributed by atoms with E-state index in [2.05, 4.69) is 4.52 Å². The van der Waals surface area contributed by atoms with E-state index in [0.717, 1.165) is 18.4 Å². The van der Waals surface area contributed by atoms with Crippen LogP contribution in [0, 0.1) is 0 Å². The Morgan fingerprint density at radius 2 is 2.06 bits per heavy atom. The summed E-state index contributed by atoms with van der Waals surface area (Å²) in [6.45, 7) is 2.47. The standard InChI is InChI=1S/C12H17O5P/c1-2-3-9-16-18(14)17-12(13)15-10-11-7-5-4-6-8-11/h4-8,14H,2-3,9-10H2,1H3. The Kier molecular flexibility index (Phi) is 7.34. The van der Waals surface area contributed by atoms with Crippen molar-refractivity contribution in [2.75, 3.05) is 6.61 Å². The van der Waals surface area contributed by atoms with Crippen LogP contribution in [0.5, 0.6) is 0 Å². The van der Waals surface area contributed by atoms with Crippen molar-refractivity contribution in [3.05, 3.63) is 35.9 Å². The number of hydrogen-bond acceptors (Lipinski definition) is 5. The third-order valence-electron chi connectivity index (χ3n) is 2.05. The molecule has 0 heterocycles. The molecule has 5 nitrogen and oxygen atoms in total. The minimum absolute atomic E-state index is 0.109. The third kappa shape index (κ3) is 6.55. The van der Waals surface area contributed by atoms with Gasteiger partial charge in [-0.2, -0.15) is 0 Å². The molecule has 1 aromatic rings. The predicted octanol–water partition coefficient (Wildman–Crippen LogP) is 3.38. The van der Waals surface area contributed by atoms with Crippen molar-refractivity contribution in [3.63, 3.8) is 0 Å². The van der Waals surface area contributed by atoms with Crippen LogP contribution < -0.4 is 0 Å². The number of unbranched alkanes of at least 4 members (excludes halogenated alkanes) is 1. The molecule has 0 radical (unpaired) electrons. The maximum atomic E-state index is 11.2. The molecule has 1 N–H and O–H groups in total. The molecule has 100 valence electrons. The molecule has 1 rings (SSSR count). The van der Waals surface area contributed by atoms with E-state index >= 15 is 0 Å². The summed E-state index contributed by atoms with van der Waals surface area (Å²) in [7, 11) is -2.19. The van der Waals surface area contributed by atoms with E-state index in [4.69, 9.17) is 9.26 Å². The van der Waals surface area contributed by atoms with Gasteiger partial charge in [0.15, 0.2) is 0 Å². The maximum absolute atomic E-state index is 11.2. The lowest BCUT2D eigenvalue weighted by Gasteiger charge is -2.10. The van der Waals surface area contributed by atoms with Crippen LogP contribution in [0.15, 0.2) is 30.3 Å². The summed E-state index contributed by atoms with van der Waals surface area (Å²) >= 11 is 0. The van der Waals surface area contributed by atoms with Crippen LogP contribution in [0.3, 0.4) is 0 Å². The quantitative estimate of drug-likeness (QED) is 0.468. The fraction of sp³-hybridized carbons (Fsp3) is 0.417. The van der Waals surface area contributed by atoms with Gasteiger partial charge in [0.1, 0.15) is 6.61 Å². The SMILES string of the molecule is CCCCOP(O)OC(=O)OCc1ccccc1. The fourth-order valence-electron chi connectivity index (χ4n) is 1.12. The molecule has 0 saturated carbocycles. The predicted molar refractivity (Wildman–Crippen MR) is 67.7 cm³/mol. The first-order valence-electron chi connectivity index (χ1n) is 5.73. The Morgan fingerprint density at radius 1 is 1.33 bits per heavy atom. The number of carbonyl (C=O) groups is 1. The summed E-state index contributed by atoms with van der Waals surface area (Å²) in [5.41, 5.74) is 0.851. The van der Waals surface area contributed by atoms with Gasteiger partial charge < -0.3 is 18.7 Å². The molecule has 6 heteroatoms. The molecule has 1 unspecified atom stereocenters. The monoisotopic (exact) mass is 272 g/mol. The highest BCUT2D eigenvalue weighted by atomic mass is 31.2.